The maximum absolute atomic E-state index is 11.7. The summed E-state index contributed by atoms with van der Waals surface area (Å²) in [6.07, 6.45) is 1.48. The van der Waals surface area contributed by atoms with Crippen LogP contribution in [0.1, 0.15) is 23.2 Å². The maximum atomic E-state index is 11.7. The Labute approximate surface area is 109 Å². The van der Waals surface area contributed by atoms with Gasteiger partial charge in [-0.15, -0.1) is 12.6 Å². The van der Waals surface area contributed by atoms with Crippen LogP contribution in [-0.2, 0) is 0 Å². The molecule has 0 aliphatic heterocycles. The van der Waals surface area contributed by atoms with E-state index in [-0.39, 0.29) is 12.5 Å². The van der Waals surface area contributed by atoms with Crippen molar-refractivity contribution < 1.29 is 9.90 Å². The van der Waals surface area contributed by atoms with Crippen LogP contribution in [-0.4, -0.2) is 24.2 Å². The van der Waals surface area contributed by atoms with Crippen LogP contribution < -0.4 is 5.32 Å². The second-order valence-corrected chi connectivity index (χ2v) is 4.75. The summed E-state index contributed by atoms with van der Waals surface area (Å²) in [4.78, 5) is 12.3. The third-order valence-corrected chi connectivity index (χ3v) is 2.94. The van der Waals surface area contributed by atoms with Crippen molar-refractivity contribution in [2.45, 2.75) is 17.7 Å². The van der Waals surface area contributed by atoms with Gasteiger partial charge in [-0.25, -0.2) is 0 Å². The van der Waals surface area contributed by atoms with Crippen LogP contribution in [0, 0.1) is 0 Å². The Kier molecular flexibility index (Phi) is 5.87. The molecule has 0 spiro atoms. The normalized spacial score (nSPS) is 10.2. The molecule has 0 aliphatic carbocycles. The molecule has 2 N–H and O–H groups in total. The molecule has 0 heterocycles. The lowest BCUT2D eigenvalue weighted by Crippen LogP contribution is -2.24. The van der Waals surface area contributed by atoms with Gasteiger partial charge in [0.05, 0.1) is 5.56 Å². The molecule has 88 valence electrons. The Morgan fingerprint density at radius 1 is 1.44 bits per heavy atom. The summed E-state index contributed by atoms with van der Waals surface area (Å²) in [5.74, 6) is -0.129. The summed E-state index contributed by atoms with van der Waals surface area (Å²) in [5, 5.41) is 11.4. The quantitative estimate of drug-likeness (QED) is 0.577. The maximum Gasteiger partial charge on any atom is 0.252 e. The van der Waals surface area contributed by atoms with E-state index in [1.807, 2.05) is 6.07 Å². The van der Waals surface area contributed by atoms with E-state index in [2.05, 4.69) is 33.9 Å². The van der Waals surface area contributed by atoms with Crippen molar-refractivity contribution in [3.63, 3.8) is 0 Å². The number of hydrogen-bond donors (Lipinski definition) is 3. The molecule has 0 bridgehead atoms. The van der Waals surface area contributed by atoms with Gasteiger partial charge in [0.2, 0.25) is 0 Å². The van der Waals surface area contributed by atoms with Crippen LogP contribution >= 0.6 is 28.6 Å². The number of halogens is 1. The number of hydrogen-bond acceptors (Lipinski definition) is 3. The first-order valence-corrected chi connectivity index (χ1v) is 6.26. The predicted molar refractivity (Wildman–Crippen MR) is 70.0 cm³/mol. The molecule has 0 fully saturated rings. The van der Waals surface area contributed by atoms with Gasteiger partial charge in [0.15, 0.2) is 0 Å². The van der Waals surface area contributed by atoms with E-state index in [9.17, 15) is 4.79 Å². The van der Waals surface area contributed by atoms with E-state index in [1.165, 1.54) is 0 Å². The summed E-state index contributed by atoms with van der Waals surface area (Å²) >= 11 is 7.55. The number of carbonyl (C=O) groups is 1. The number of nitrogens with one attached hydrogen (secondary N) is 1. The zero-order valence-corrected chi connectivity index (χ0v) is 11.2. The van der Waals surface area contributed by atoms with Gasteiger partial charge in [-0.3, -0.25) is 4.79 Å². The van der Waals surface area contributed by atoms with Gasteiger partial charge in [-0.05, 0) is 31.0 Å². The third-order valence-electron chi connectivity index (χ3n) is 2.07. The Hall–Kier alpha value is -0.520. The summed E-state index contributed by atoms with van der Waals surface area (Å²) in [5.41, 5.74) is 0.565. The molecule has 0 atom stereocenters. The monoisotopic (exact) mass is 303 g/mol. The van der Waals surface area contributed by atoms with E-state index >= 15 is 0 Å². The fourth-order valence-corrected chi connectivity index (χ4v) is 2.08. The highest BCUT2D eigenvalue weighted by molar-refractivity contribution is 9.10. The minimum absolute atomic E-state index is 0.129. The predicted octanol–water partition coefficient (Wildman–Crippen LogP) is 2.24. The molecule has 0 unspecified atom stereocenters. The average Bonchev–Trinajstić information content (AvgIpc) is 2.24. The second-order valence-electron chi connectivity index (χ2n) is 3.35. The van der Waals surface area contributed by atoms with Gasteiger partial charge < -0.3 is 10.4 Å². The Morgan fingerprint density at radius 2 is 2.19 bits per heavy atom. The van der Waals surface area contributed by atoms with E-state index in [0.29, 0.717) is 23.4 Å². The van der Waals surface area contributed by atoms with E-state index in [0.717, 1.165) is 10.9 Å². The number of thiol groups is 1. The Balaban J connectivity index is 2.53. The Bertz CT molecular complexity index is 371. The fraction of sp³-hybridized carbons (Fsp3) is 0.364. The minimum Gasteiger partial charge on any atom is -0.396 e. The largest absolute Gasteiger partial charge is 0.396 e. The summed E-state index contributed by atoms with van der Waals surface area (Å²) in [7, 11) is 0. The number of amides is 1. The first-order chi connectivity index (χ1) is 7.65. The lowest BCUT2D eigenvalue weighted by Gasteiger charge is -2.07. The number of unbranched alkanes of at least 4 members (excludes halogenated alkanes) is 1. The van der Waals surface area contributed by atoms with Gasteiger partial charge in [-0.1, -0.05) is 15.9 Å². The zero-order chi connectivity index (χ0) is 12.0. The van der Waals surface area contributed by atoms with Gasteiger partial charge in [-0.2, -0.15) is 0 Å². The van der Waals surface area contributed by atoms with Crippen molar-refractivity contribution in [1.82, 2.24) is 5.32 Å². The van der Waals surface area contributed by atoms with Gasteiger partial charge in [0.25, 0.3) is 5.91 Å². The highest BCUT2D eigenvalue weighted by atomic mass is 79.9. The average molecular weight is 304 g/mol. The van der Waals surface area contributed by atoms with E-state index in [1.54, 1.807) is 12.1 Å². The number of aliphatic hydroxyl groups excluding tert-OH is 1. The van der Waals surface area contributed by atoms with Gasteiger partial charge in [0, 0.05) is 22.5 Å². The summed E-state index contributed by atoms with van der Waals surface area (Å²) in [6.45, 7) is 0.731. The number of rotatable bonds is 5. The first kappa shape index (κ1) is 13.5. The van der Waals surface area contributed by atoms with Crippen LogP contribution in [0.2, 0.25) is 0 Å². The smallest absolute Gasteiger partial charge is 0.252 e. The van der Waals surface area contributed by atoms with Crippen molar-refractivity contribution in [2.24, 2.45) is 0 Å². The Morgan fingerprint density at radius 3 is 2.81 bits per heavy atom. The standard InChI is InChI=1S/C11H14BrNO2S/c12-8-3-4-9(10(16)7-8)11(15)13-5-1-2-6-14/h3-4,7,14,16H,1-2,5-6H2,(H,13,15). The first-order valence-electron chi connectivity index (χ1n) is 5.02. The molecule has 16 heavy (non-hydrogen) atoms. The molecule has 1 aromatic rings. The molecule has 3 nitrogen and oxygen atoms in total. The van der Waals surface area contributed by atoms with Crippen LogP contribution in [0.25, 0.3) is 0 Å². The SMILES string of the molecule is O=C(NCCCCO)c1ccc(Br)cc1S. The van der Waals surface area contributed by atoms with Crippen molar-refractivity contribution in [1.29, 1.82) is 0 Å². The van der Waals surface area contributed by atoms with Crippen molar-refractivity contribution in [3.05, 3.63) is 28.2 Å². The van der Waals surface area contributed by atoms with Crippen molar-refractivity contribution in [3.8, 4) is 0 Å². The lowest BCUT2D eigenvalue weighted by atomic mass is 10.2. The van der Waals surface area contributed by atoms with Crippen LogP contribution in [0.5, 0.6) is 0 Å². The molecule has 1 amide bonds. The molecule has 1 aromatic carbocycles. The van der Waals surface area contributed by atoms with E-state index < -0.39 is 0 Å². The van der Waals surface area contributed by atoms with Crippen LogP contribution in [0.15, 0.2) is 27.6 Å². The fourth-order valence-electron chi connectivity index (χ4n) is 1.23. The minimum atomic E-state index is -0.129. The highest BCUT2D eigenvalue weighted by Crippen LogP contribution is 2.19. The van der Waals surface area contributed by atoms with Crippen molar-refractivity contribution in [2.75, 3.05) is 13.2 Å². The molecule has 0 saturated carbocycles. The number of benzene rings is 1. The molecule has 0 radical (unpaired) electrons. The molecule has 5 heteroatoms. The van der Waals surface area contributed by atoms with Gasteiger partial charge >= 0.3 is 0 Å². The topological polar surface area (TPSA) is 49.3 Å². The summed E-state index contributed by atoms with van der Waals surface area (Å²) in [6, 6.07) is 5.32. The lowest BCUT2D eigenvalue weighted by molar-refractivity contribution is 0.0949. The molecule has 1 rings (SSSR count). The second kappa shape index (κ2) is 6.93. The van der Waals surface area contributed by atoms with E-state index in [4.69, 9.17) is 5.11 Å². The number of carbonyl (C=O) groups excluding carboxylic acids is 1. The highest BCUT2D eigenvalue weighted by Gasteiger charge is 2.08. The summed E-state index contributed by atoms with van der Waals surface area (Å²) < 4.78 is 0.898. The molecular formula is C11H14BrNO2S. The molecule has 0 aromatic heterocycles. The molecular weight excluding hydrogens is 290 g/mol. The number of aliphatic hydroxyl groups is 1. The van der Waals surface area contributed by atoms with Crippen LogP contribution in [0.4, 0.5) is 0 Å². The zero-order valence-electron chi connectivity index (χ0n) is 8.74. The van der Waals surface area contributed by atoms with Crippen molar-refractivity contribution >= 4 is 34.5 Å². The molecule has 0 saturated heterocycles. The molecule has 0 aliphatic rings. The van der Waals surface area contributed by atoms with Gasteiger partial charge in [0.1, 0.15) is 0 Å². The van der Waals surface area contributed by atoms with Crippen LogP contribution in [0.3, 0.4) is 0 Å². The third kappa shape index (κ3) is 4.15.